The van der Waals surface area contributed by atoms with Gasteiger partial charge in [0.05, 0.1) is 24.3 Å². The van der Waals surface area contributed by atoms with Crippen molar-refractivity contribution in [1.82, 2.24) is 0 Å². The van der Waals surface area contributed by atoms with Gasteiger partial charge >= 0.3 is 11.9 Å². The van der Waals surface area contributed by atoms with E-state index in [9.17, 15) is 15.2 Å². The topological polar surface area (TPSA) is 73.6 Å². The molecule has 2 heterocycles. The smallest absolute Gasteiger partial charge is 0.346 e. The van der Waals surface area contributed by atoms with Gasteiger partial charge in [-0.15, -0.1) is 11.3 Å². The second kappa shape index (κ2) is 7.43. The first kappa shape index (κ1) is 19.3. The summed E-state index contributed by atoms with van der Waals surface area (Å²) in [5.41, 5.74) is -1.37. The summed E-state index contributed by atoms with van der Waals surface area (Å²) in [6.45, 7) is 1.60. The predicted molar refractivity (Wildman–Crippen MR) is 106 cm³/mol. The van der Waals surface area contributed by atoms with Crippen molar-refractivity contribution in [2.24, 2.45) is 0 Å². The van der Waals surface area contributed by atoms with Crippen LogP contribution < -0.4 is 4.90 Å². The molecule has 0 unspecified atom stereocenters. The number of ether oxygens (including phenoxy) is 1. The molecule has 4 rings (SSSR count). The number of carboxylic acids is 1. The van der Waals surface area contributed by atoms with Gasteiger partial charge < -0.3 is 14.7 Å². The van der Waals surface area contributed by atoms with E-state index in [4.69, 9.17) is 4.74 Å². The van der Waals surface area contributed by atoms with Crippen LogP contribution in [0.15, 0.2) is 42.5 Å². The second-order valence-corrected chi connectivity index (χ2v) is 7.64. The Balaban J connectivity index is 1.90. The van der Waals surface area contributed by atoms with E-state index in [0.717, 1.165) is 16.7 Å². The van der Waals surface area contributed by atoms with Gasteiger partial charge in [0.2, 0.25) is 0 Å². The van der Waals surface area contributed by atoms with Gasteiger partial charge in [0.15, 0.2) is 0 Å². The van der Waals surface area contributed by atoms with Gasteiger partial charge in [-0.25, -0.2) is 4.79 Å². The SMILES string of the molecule is N#Cc1c(N2CCOCC2)sc(C(=O)O)c1C(F)(F)c1ccc2ccccc2c1. The lowest BCUT2D eigenvalue weighted by Gasteiger charge is -2.28. The zero-order valence-corrected chi connectivity index (χ0v) is 16.0. The normalized spacial score (nSPS) is 14.7. The number of carboxylic acid groups (broad SMARTS) is 1. The van der Waals surface area contributed by atoms with Crippen LogP contribution in [0.25, 0.3) is 10.8 Å². The number of hydrogen-bond donors (Lipinski definition) is 1. The number of hydrogen-bond acceptors (Lipinski definition) is 5. The molecule has 1 aromatic heterocycles. The summed E-state index contributed by atoms with van der Waals surface area (Å²) in [5.74, 6) is -5.11. The Hall–Kier alpha value is -3.02. The summed E-state index contributed by atoms with van der Waals surface area (Å²) in [6, 6.07) is 13.1. The minimum absolute atomic E-state index is 0.253. The van der Waals surface area contributed by atoms with Crippen molar-refractivity contribution in [3.8, 4) is 6.07 Å². The maximum absolute atomic E-state index is 15.6. The lowest BCUT2D eigenvalue weighted by molar-refractivity contribution is 0.0398. The van der Waals surface area contributed by atoms with Gasteiger partial charge in [-0.05, 0) is 16.8 Å². The van der Waals surface area contributed by atoms with Crippen LogP contribution in [-0.4, -0.2) is 37.4 Å². The quantitative estimate of drug-likeness (QED) is 0.683. The van der Waals surface area contributed by atoms with Crippen LogP contribution in [0.2, 0.25) is 0 Å². The predicted octanol–water partition coefficient (Wildman–Crippen LogP) is 4.45. The Morgan fingerprint density at radius 2 is 1.86 bits per heavy atom. The van der Waals surface area contributed by atoms with E-state index in [1.165, 1.54) is 12.1 Å². The number of aromatic carboxylic acids is 1. The Bertz CT molecular complexity index is 1130. The van der Waals surface area contributed by atoms with Gasteiger partial charge in [-0.1, -0.05) is 36.4 Å². The molecule has 5 nitrogen and oxygen atoms in total. The molecule has 0 saturated carbocycles. The van der Waals surface area contributed by atoms with E-state index in [-0.39, 0.29) is 16.1 Å². The summed E-state index contributed by atoms with van der Waals surface area (Å²) in [4.78, 5) is 13.0. The van der Waals surface area contributed by atoms with Crippen LogP contribution in [0.1, 0.15) is 26.4 Å². The summed E-state index contributed by atoms with van der Waals surface area (Å²) in [7, 11) is 0. The molecule has 0 spiro atoms. The van der Waals surface area contributed by atoms with E-state index in [0.29, 0.717) is 31.7 Å². The molecule has 8 heteroatoms. The van der Waals surface area contributed by atoms with E-state index in [1.54, 1.807) is 23.1 Å². The summed E-state index contributed by atoms with van der Waals surface area (Å²) >= 11 is 0.719. The van der Waals surface area contributed by atoms with Crippen molar-refractivity contribution in [2.75, 3.05) is 31.2 Å². The molecule has 3 aromatic rings. The van der Waals surface area contributed by atoms with Crippen molar-refractivity contribution in [2.45, 2.75) is 5.92 Å². The van der Waals surface area contributed by atoms with Gasteiger partial charge in [0, 0.05) is 18.7 Å². The molecule has 1 saturated heterocycles. The van der Waals surface area contributed by atoms with Crippen molar-refractivity contribution >= 4 is 33.1 Å². The third-order valence-electron chi connectivity index (χ3n) is 4.92. The highest BCUT2D eigenvalue weighted by molar-refractivity contribution is 7.18. The molecule has 0 radical (unpaired) electrons. The van der Waals surface area contributed by atoms with Crippen LogP contribution in [0, 0.1) is 11.3 Å². The number of nitrogens with zero attached hydrogens (tertiary/aromatic N) is 2. The average Bonchev–Trinajstić information content (AvgIpc) is 3.15. The molecular weight excluding hydrogens is 398 g/mol. The van der Waals surface area contributed by atoms with Crippen molar-refractivity contribution in [3.05, 3.63) is 64.0 Å². The van der Waals surface area contributed by atoms with E-state index >= 15 is 8.78 Å². The standard InChI is InChI=1S/C21H16F2N2O3S/c22-21(23,15-6-5-13-3-1-2-4-14(13)11-15)17-16(12-24)19(29-18(17)20(26)27)25-7-9-28-10-8-25/h1-6,11H,7-10H2,(H,26,27). The maximum atomic E-state index is 15.6. The van der Waals surface area contributed by atoms with Gasteiger partial charge in [-0.3, -0.25) is 0 Å². The monoisotopic (exact) mass is 414 g/mol. The number of halogens is 2. The summed E-state index contributed by atoms with van der Waals surface area (Å²) in [6.07, 6.45) is 0. The Labute approximate surface area is 169 Å². The molecule has 1 fully saturated rings. The number of fused-ring (bicyclic) bond motifs is 1. The van der Waals surface area contributed by atoms with Crippen molar-refractivity contribution in [1.29, 1.82) is 5.26 Å². The first-order chi connectivity index (χ1) is 13.9. The number of benzene rings is 2. The lowest BCUT2D eigenvalue weighted by Crippen LogP contribution is -2.36. The second-order valence-electron chi connectivity index (χ2n) is 6.64. The average molecular weight is 414 g/mol. The van der Waals surface area contributed by atoms with Gasteiger partial charge in [0.25, 0.3) is 0 Å². The van der Waals surface area contributed by atoms with Crippen molar-refractivity contribution < 1.29 is 23.4 Å². The highest BCUT2D eigenvalue weighted by Crippen LogP contribution is 2.47. The number of carbonyl (C=O) groups is 1. The first-order valence-corrected chi connectivity index (χ1v) is 9.75. The fourth-order valence-corrected chi connectivity index (χ4v) is 4.67. The van der Waals surface area contributed by atoms with Gasteiger partial charge in [-0.2, -0.15) is 14.0 Å². The Morgan fingerprint density at radius 3 is 2.52 bits per heavy atom. The van der Waals surface area contributed by atoms with Crippen LogP contribution in [0.4, 0.5) is 13.8 Å². The molecule has 0 amide bonds. The minimum atomic E-state index is -3.64. The third-order valence-corrected chi connectivity index (χ3v) is 6.16. The number of rotatable bonds is 4. The fraction of sp³-hybridized carbons (Fsp3) is 0.238. The number of morpholine rings is 1. The Morgan fingerprint density at radius 1 is 1.17 bits per heavy atom. The molecule has 1 N–H and O–H groups in total. The molecule has 148 valence electrons. The molecular formula is C21H16F2N2O3S. The first-order valence-electron chi connectivity index (χ1n) is 8.94. The number of nitriles is 1. The summed E-state index contributed by atoms with van der Waals surface area (Å²) < 4.78 is 36.5. The largest absolute Gasteiger partial charge is 0.477 e. The zero-order valence-electron chi connectivity index (χ0n) is 15.2. The Kier molecular flexibility index (Phi) is 4.94. The summed E-state index contributed by atoms with van der Waals surface area (Å²) in [5, 5.41) is 20.9. The van der Waals surface area contributed by atoms with Crippen LogP contribution >= 0.6 is 11.3 Å². The molecule has 29 heavy (non-hydrogen) atoms. The van der Waals surface area contributed by atoms with E-state index in [2.05, 4.69) is 0 Å². The molecule has 0 atom stereocenters. The van der Waals surface area contributed by atoms with Crippen LogP contribution in [0.3, 0.4) is 0 Å². The zero-order chi connectivity index (χ0) is 20.6. The highest BCUT2D eigenvalue weighted by Gasteiger charge is 2.44. The number of anilines is 1. The molecule has 2 aromatic carbocycles. The maximum Gasteiger partial charge on any atom is 0.346 e. The van der Waals surface area contributed by atoms with Gasteiger partial charge in [0.1, 0.15) is 15.9 Å². The minimum Gasteiger partial charge on any atom is -0.477 e. The fourth-order valence-electron chi connectivity index (χ4n) is 3.49. The molecule has 1 aliphatic rings. The van der Waals surface area contributed by atoms with E-state index in [1.807, 2.05) is 18.2 Å². The van der Waals surface area contributed by atoms with Crippen LogP contribution in [-0.2, 0) is 10.7 Å². The molecule has 0 bridgehead atoms. The van der Waals surface area contributed by atoms with Crippen LogP contribution in [0.5, 0.6) is 0 Å². The molecule has 0 aliphatic carbocycles. The number of alkyl halides is 2. The van der Waals surface area contributed by atoms with E-state index < -0.39 is 22.3 Å². The lowest BCUT2D eigenvalue weighted by atomic mass is 9.95. The third kappa shape index (κ3) is 3.33. The van der Waals surface area contributed by atoms with Crippen molar-refractivity contribution in [3.63, 3.8) is 0 Å². The highest BCUT2D eigenvalue weighted by atomic mass is 32.1. The number of thiophene rings is 1. The molecule has 1 aliphatic heterocycles.